The van der Waals surface area contributed by atoms with Crippen molar-refractivity contribution in [1.29, 1.82) is 0 Å². The molecule has 16 heavy (non-hydrogen) atoms. The molecule has 1 N–H and O–H groups in total. The monoisotopic (exact) mass is 239 g/mol. The fraction of sp³-hybridized carbons (Fsp3) is 0.500. The maximum Gasteiger partial charge on any atom is 0.162 e. The van der Waals surface area contributed by atoms with Gasteiger partial charge in [0.25, 0.3) is 0 Å². The first-order chi connectivity index (χ1) is 7.74. The van der Waals surface area contributed by atoms with Crippen molar-refractivity contribution in [1.82, 2.24) is 0 Å². The summed E-state index contributed by atoms with van der Waals surface area (Å²) in [5.74, 6) is 1.58. The van der Waals surface area contributed by atoms with Crippen LogP contribution in [0.15, 0.2) is 17.0 Å². The number of rotatable bonds is 2. The first-order valence-corrected chi connectivity index (χ1v) is 6.29. The highest BCUT2D eigenvalue weighted by Crippen LogP contribution is 2.41. The van der Waals surface area contributed by atoms with Crippen LogP contribution >= 0.6 is 11.8 Å². The number of anilines is 1. The molecule has 0 radical (unpaired) electrons. The van der Waals surface area contributed by atoms with Gasteiger partial charge in [-0.05, 0) is 12.5 Å². The van der Waals surface area contributed by atoms with Crippen molar-refractivity contribution in [2.24, 2.45) is 0 Å². The molecule has 88 valence electrons. The van der Waals surface area contributed by atoms with Crippen LogP contribution in [0.4, 0.5) is 5.69 Å². The average Bonchev–Trinajstić information content (AvgIpc) is 2.47. The van der Waals surface area contributed by atoms with Crippen molar-refractivity contribution in [2.45, 2.75) is 23.5 Å². The minimum atomic E-state index is 0.631. The zero-order chi connectivity index (χ0) is 11.5. The summed E-state index contributed by atoms with van der Waals surface area (Å²) in [6, 6.07) is 4.06. The number of methoxy groups -OCH3 is 2. The zero-order valence-corrected chi connectivity index (χ0v) is 10.7. The molecule has 0 saturated carbocycles. The third-order valence-corrected chi connectivity index (χ3v) is 3.91. The van der Waals surface area contributed by atoms with E-state index in [1.54, 1.807) is 14.2 Å². The molecule has 3 nitrogen and oxygen atoms in total. The SMILES string of the molecule is COc1cc2c(cc1OC)SC(C)CCN2. The van der Waals surface area contributed by atoms with Gasteiger partial charge in [0.05, 0.1) is 19.9 Å². The lowest BCUT2D eigenvalue weighted by molar-refractivity contribution is 0.354. The third kappa shape index (κ3) is 2.21. The number of thioether (sulfide) groups is 1. The number of hydrogen-bond acceptors (Lipinski definition) is 4. The maximum atomic E-state index is 5.31. The molecular formula is C12H17NO2S. The third-order valence-electron chi connectivity index (χ3n) is 2.68. The second kappa shape index (κ2) is 4.87. The van der Waals surface area contributed by atoms with E-state index in [0.717, 1.165) is 23.7 Å². The van der Waals surface area contributed by atoms with Gasteiger partial charge in [-0.3, -0.25) is 0 Å². The largest absolute Gasteiger partial charge is 0.493 e. The van der Waals surface area contributed by atoms with Crippen LogP contribution in [0.1, 0.15) is 13.3 Å². The zero-order valence-electron chi connectivity index (χ0n) is 9.87. The number of ether oxygens (including phenoxy) is 2. The fourth-order valence-electron chi connectivity index (χ4n) is 1.78. The fourth-order valence-corrected chi connectivity index (χ4v) is 2.88. The van der Waals surface area contributed by atoms with Crippen molar-refractivity contribution >= 4 is 17.4 Å². The van der Waals surface area contributed by atoms with Gasteiger partial charge in [-0.1, -0.05) is 6.92 Å². The van der Waals surface area contributed by atoms with E-state index in [9.17, 15) is 0 Å². The Morgan fingerprint density at radius 3 is 2.62 bits per heavy atom. The summed E-state index contributed by atoms with van der Waals surface area (Å²) in [4.78, 5) is 1.24. The molecule has 1 atom stereocenters. The topological polar surface area (TPSA) is 30.5 Å². The number of nitrogens with one attached hydrogen (secondary N) is 1. The van der Waals surface area contributed by atoms with E-state index in [4.69, 9.17) is 9.47 Å². The standard InChI is InChI=1S/C12H17NO2S/c1-8-4-5-13-9-6-10(14-2)11(15-3)7-12(9)16-8/h6-8,13H,4-5H2,1-3H3. The first kappa shape index (κ1) is 11.5. The minimum Gasteiger partial charge on any atom is -0.493 e. The Labute approximate surface area is 101 Å². The molecule has 4 heteroatoms. The number of benzene rings is 1. The molecule has 0 bridgehead atoms. The van der Waals surface area contributed by atoms with Crippen LogP contribution in [0.2, 0.25) is 0 Å². The normalized spacial score (nSPS) is 19.3. The Morgan fingerprint density at radius 1 is 1.25 bits per heavy atom. The number of hydrogen-bond donors (Lipinski definition) is 1. The predicted molar refractivity (Wildman–Crippen MR) is 68.0 cm³/mol. The van der Waals surface area contributed by atoms with E-state index in [1.165, 1.54) is 11.3 Å². The summed E-state index contributed by atoms with van der Waals surface area (Å²) in [5, 5.41) is 4.06. The Hall–Kier alpha value is -1.03. The second-order valence-corrected chi connectivity index (χ2v) is 5.33. The molecule has 0 aliphatic carbocycles. The van der Waals surface area contributed by atoms with Crippen LogP contribution in [0.25, 0.3) is 0 Å². The lowest BCUT2D eigenvalue weighted by Gasteiger charge is -2.13. The molecule has 1 unspecified atom stereocenters. The molecule has 1 aromatic rings. The molecule has 1 aromatic carbocycles. The average molecular weight is 239 g/mol. The van der Waals surface area contributed by atoms with E-state index in [2.05, 4.69) is 12.2 Å². The summed E-state index contributed by atoms with van der Waals surface area (Å²) in [6.07, 6.45) is 1.17. The Kier molecular flexibility index (Phi) is 3.49. The highest BCUT2D eigenvalue weighted by Gasteiger charge is 2.17. The molecule has 0 spiro atoms. The smallest absolute Gasteiger partial charge is 0.162 e. The Balaban J connectivity index is 2.41. The van der Waals surface area contributed by atoms with Crippen LogP contribution in [0, 0.1) is 0 Å². The second-order valence-electron chi connectivity index (χ2n) is 3.85. The van der Waals surface area contributed by atoms with Crippen LogP contribution in [0.3, 0.4) is 0 Å². The highest BCUT2D eigenvalue weighted by atomic mass is 32.2. The number of fused-ring (bicyclic) bond motifs is 1. The van der Waals surface area contributed by atoms with Crippen LogP contribution < -0.4 is 14.8 Å². The molecule has 0 fully saturated rings. The van der Waals surface area contributed by atoms with Crippen molar-refractivity contribution in [3.05, 3.63) is 12.1 Å². The van der Waals surface area contributed by atoms with Gasteiger partial charge in [-0.25, -0.2) is 0 Å². The van der Waals surface area contributed by atoms with E-state index < -0.39 is 0 Å². The predicted octanol–water partition coefficient (Wildman–Crippen LogP) is 3.00. The quantitative estimate of drug-likeness (QED) is 0.859. The summed E-state index contributed by atoms with van der Waals surface area (Å²) in [6.45, 7) is 3.26. The van der Waals surface area contributed by atoms with E-state index in [0.29, 0.717) is 5.25 Å². The molecule has 2 rings (SSSR count). The van der Waals surface area contributed by atoms with Gasteiger partial charge in [-0.15, -0.1) is 11.8 Å². The van der Waals surface area contributed by atoms with Gasteiger partial charge in [0.2, 0.25) is 0 Å². The Bertz CT molecular complexity index is 382. The molecule has 1 heterocycles. The molecule has 1 aliphatic rings. The van der Waals surface area contributed by atoms with Crippen molar-refractivity contribution in [3.8, 4) is 11.5 Å². The molecule has 0 amide bonds. The highest BCUT2D eigenvalue weighted by molar-refractivity contribution is 8.00. The van der Waals surface area contributed by atoms with Crippen molar-refractivity contribution < 1.29 is 9.47 Å². The minimum absolute atomic E-state index is 0.631. The molecule has 1 aliphatic heterocycles. The van der Waals surface area contributed by atoms with Crippen LogP contribution in [0.5, 0.6) is 11.5 Å². The van der Waals surface area contributed by atoms with Crippen LogP contribution in [-0.2, 0) is 0 Å². The van der Waals surface area contributed by atoms with Gasteiger partial charge in [-0.2, -0.15) is 0 Å². The maximum absolute atomic E-state index is 5.31. The van der Waals surface area contributed by atoms with Crippen molar-refractivity contribution in [3.63, 3.8) is 0 Å². The summed E-state index contributed by atoms with van der Waals surface area (Å²) in [7, 11) is 3.33. The van der Waals surface area contributed by atoms with Gasteiger partial charge in [0, 0.05) is 22.8 Å². The Morgan fingerprint density at radius 2 is 1.94 bits per heavy atom. The molecule has 0 aromatic heterocycles. The first-order valence-electron chi connectivity index (χ1n) is 5.41. The van der Waals surface area contributed by atoms with Crippen molar-refractivity contribution in [2.75, 3.05) is 26.1 Å². The summed E-state index contributed by atoms with van der Waals surface area (Å²) in [5.41, 5.74) is 1.15. The molecular weight excluding hydrogens is 222 g/mol. The van der Waals surface area contributed by atoms with E-state index in [-0.39, 0.29) is 0 Å². The van der Waals surface area contributed by atoms with E-state index in [1.807, 2.05) is 23.9 Å². The summed E-state index contributed by atoms with van der Waals surface area (Å²) >= 11 is 1.88. The van der Waals surface area contributed by atoms with Gasteiger partial charge in [0.15, 0.2) is 11.5 Å². The molecule has 0 saturated heterocycles. The lowest BCUT2D eigenvalue weighted by atomic mass is 10.2. The lowest BCUT2D eigenvalue weighted by Crippen LogP contribution is -2.03. The van der Waals surface area contributed by atoms with Crippen LogP contribution in [-0.4, -0.2) is 26.0 Å². The van der Waals surface area contributed by atoms with Gasteiger partial charge in [0.1, 0.15) is 0 Å². The van der Waals surface area contributed by atoms with Gasteiger partial charge >= 0.3 is 0 Å². The summed E-state index contributed by atoms with van der Waals surface area (Å²) < 4.78 is 10.6. The van der Waals surface area contributed by atoms with Gasteiger partial charge < -0.3 is 14.8 Å². The van der Waals surface area contributed by atoms with E-state index >= 15 is 0 Å².